The zero-order valence-corrected chi connectivity index (χ0v) is 12.0. The average Bonchev–Trinajstić information content (AvgIpc) is 2.51. The molecule has 3 rings (SSSR count). The first-order valence-electron chi connectivity index (χ1n) is 7.40. The monoisotopic (exact) mass is 270 g/mol. The quantitative estimate of drug-likeness (QED) is 0.842. The van der Waals surface area contributed by atoms with Crippen LogP contribution in [0.2, 0.25) is 0 Å². The van der Waals surface area contributed by atoms with E-state index in [1.54, 1.807) is 0 Å². The second kappa shape index (κ2) is 5.67. The van der Waals surface area contributed by atoms with Crippen LogP contribution in [0.15, 0.2) is 30.5 Å². The summed E-state index contributed by atoms with van der Waals surface area (Å²) in [6.45, 7) is 5.67. The normalized spacial score (nSPS) is 20.1. The zero-order valence-electron chi connectivity index (χ0n) is 12.0. The molecular weight excluding hydrogens is 248 g/mol. The molecule has 0 radical (unpaired) electrons. The number of likely N-dealkylation sites (N-methyl/N-ethyl adjacent to an activating group) is 1. The molecular formula is C16H22N4. The minimum absolute atomic E-state index is 0.498. The van der Waals surface area contributed by atoms with Crippen molar-refractivity contribution in [1.29, 1.82) is 0 Å². The molecule has 106 valence electrons. The Balaban J connectivity index is 1.86. The number of benzene rings is 1. The van der Waals surface area contributed by atoms with E-state index in [-0.39, 0.29) is 0 Å². The van der Waals surface area contributed by atoms with E-state index < -0.39 is 0 Å². The summed E-state index contributed by atoms with van der Waals surface area (Å²) < 4.78 is 0. The summed E-state index contributed by atoms with van der Waals surface area (Å²) in [7, 11) is 0. The number of fused-ring (bicyclic) bond motifs is 1. The summed E-state index contributed by atoms with van der Waals surface area (Å²) in [5.41, 5.74) is 8.88. The summed E-state index contributed by atoms with van der Waals surface area (Å²) in [5.74, 6) is 0. The lowest BCUT2D eigenvalue weighted by molar-refractivity contribution is 0.227. The number of hydrogen-bond acceptors (Lipinski definition) is 4. The molecule has 4 heteroatoms. The Morgan fingerprint density at radius 2 is 2.30 bits per heavy atom. The summed E-state index contributed by atoms with van der Waals surface area (Å²) in [6, 6.07) is 8.48. The highest BCUT2D eigenvalue weighted by atomic mass is 15.2. The number of pyridine rings is 1. The van der Waals surface area contributed by atoms with E-state index >= 15 is 0 Å². The number of nitrogens with two attached hydrogens (primary N) is 1. The number of rotatable bonds is 3. The maximum atomic E-state index is 6.03. The molecule has 2 heterocycles. The molecule has 1 unspecified atom stereocenters. The molecule has 0 spiro atoms. The molecule has 0 bridgehead atoms. The smallest absolute Gasteiger partial charge is 0.0953 e. The molecule has 1 atom stereocenters. The molecule has 0 amide bonds. The number of hydrogen-bond donors (Lipinski definition) is 2. The van der Waals surface area contributed by atoms with Crippen LogP contribution in [-0.2, 0) is 0 Å². The highest BCUT2D eigenvalue weighted by molar-refractivity contribution is 5.98. The van der Waals surface area contributed by atoms with Crippen LogP contribution in [0.4, 0.5) is 11.4 Å². The maximum absolute atomic E-state index is 6.03. The molecule has 0 aliphatic carbocycles. The van der Waals surface area contributed by atoms with Gasteiger partial charge in [0.2, 0.25) is 0 Å². The zero-order chi connectivity index (χ0) is 13.9. The van der Waals surface area contributed by atoms with Gasteiger partial charge in [-0.05, 0) is 50.2 Å². The number of piperidine rings is 1. The SMILES string of the molecule is CCN1CCCC(Nc2ccc(N)c3cccnc23)C1. The summed E-state index contributed by atoms with van der Waals surface area (Å²) in [5, 5.41) is 4.68. The van der Waals surface area contributed by atoms with Crippen molar-refractivity contribution in [3.05, 3.63) is 30.5 Å². The summed E-state index contributed by atoms with van der Waals surface area (Å²) >= 11 is 0. The van der Waals surface area contributed by atoms with Crippen LogP contribution in [0.1, 0.15) is 19.8 Å². The highest BCUT2D eigenvalue weighted by Gasteiger charge is 2.19. The van der Waals surface area contributed by atoms with E-state index in [0.717, 1.165) is 35.4 Å². The van der Waals surface area contributed by atoms with Crippen LogP contribution in [-0.4, -0.2) is 35.6 Å². The predicted molar refractivity (Wildman–Crippen MR) is 84.9 cm³/mol. The number of nitrogens with one attached hydrogen (secondary N) is 1. The predicted octanol–water partition coefficient (Wildman–Crippen LogP) is 2.71. The van der Waals surface area contributed by atoms with Crippen molar-refractivity contribution >= 4 is 22.3 Å². The van der Waals surface area contributed by atoms with Crippen LogP contribution in [0.5, 0.6) is 0 Å². The fraction of sp³-hybridized carbons (Fsp3) is 0.438. The first kappa shape index (κ1) is 13.2. The Labute approximate surface area is 120 Å². The van der Waals surface area contributed by atoms with Gasteiger partial charge in [0, 0.05) is 29.9 Å². The van der Waals surface area contributed by atoms with E-state index in [0.29, 0.717) is 6.04 Å². The van der Waals surface area contributed by atoms with Crippen LogP contribution in [0, 0.1) is 0 Å². The van der Waals surface area contributed by atoms with Gasteiger partial charge in [0.25, 0.3) is 0 Å². The van der Waals surface area contributed by atoms with E-state index in [4.69, 9.17) is 5.73 Å². The van der Waals surface area contributed by atoms with E-state index in [9.17, 15) is 0 Å². The fourth-order valence-electron chi connectivity index (χ4n) is 2.99. The number of anilines is 2. The third-order valence-corrected chi connectivity index (χ3v) is 4.12. The van der Waals surface area contributed by atoms with Crippen molar-refractivity contribution < 1.29 is 0 Å². The number of nitrogens with zero attached hydrogens (tertiary/aromatic N) is 2. The lowest BCUT2D eigenvalue weighted by Gasteiger charge is -2.33. The molecule has 1 aromatic heterocycles. The fourth-order valence-corrected chi connectivity index (χ4v) is 2.99. The Hall–Kier alpha value is -1.81. The molecule has 1 aromatic carbocycles. The van der Waals surface area contributed by atoms with Gasteiger partial charge in [-0.2, -0.15) is 0 Å². The second-order valence-electron chi connectivity index (χ2n) is 5.48. The third-order valence-electron chi connectivity index (χ3n) is 4.12. The van der Waals surface area contributed by atoms with Gasteiger partial charge in [-0.25, -0.2) is 0 Å². The summed E-state index contributed by atoms with van der Waals surface area (Å²) in [4.78, 5) is 6.98. The summed E-state index contributed by atoms with van der Waals surface area (Å²) in [6.07, 6.45) is 4.30. The largest absolute Gasteiger partial charge is 0.398 e. The van der Waals surface area contributed by atoms with Crippen LogP contribution < -0.4 is 11.1 Å². The highest BCUT2D eigenvalue weighted by Crippen LogP contribution is 2.27. The van der Waals surface area contributed by atoms with Crippen molar-refractivity contribution in [2.75, 3.05) is 30.7 Å². The van der Waals surface area contributed by atoms with Gasteiger partial charge in [-0.1, -0.05) is 6.92 Å². The Bertz CT molecular complexity index is 596. The average molecular weight is 270 g/mol. The number of aromatic nitrogens is 1. The van der Waals surface area contributed by atoms with Crippen molar-refractivity contribution in [3.63, 3.8) is 0 Å². The third kappa shape index (κ3) is 2.56. The molecule has 1 aliphatic heterocycles. The first-order valence-corrected chi connectivity index (χ1v) is 7.40. The Kier molecular flexibility index (Phi) is 3.74. The molecule has 4 nitrogen and oxygen atoms in total. The van der Waals surface area contributed by atoms with E-state index in [2.05, 4.69) is 28.2 Å². The lowest BCUT2D eigenvalue weighted by atomic mass is 10.0. The molecule has 20 heavy (non-hydrogen) atoms. The van der Waals surface area contributed by atoms with E-state index in [1.165, 1.54) is 19.4 Å². The van der Waals surface area contributed by atoms with Gasteiger partial charge in [-0.15, -0.1) is 0 Å². The lowest BCUT2D eigenvalue weighted by Crippen LogP contribution is -2.41. The Morgan fingerprint density at radius 3 is 3.15 bits per heavy atom. The second-order valence-corrected chi connectivity index (χ2v) is 5.48. The molecule has 1 fully saturated rings. The van der Waals surface area contributed by atoms with Crippen molar-refractivity contribution in [1.82, 2.24) is 9.88 Å². The minimum Gasteiger partial charge on any atom is -0.398 e. The number of nitrogen functional groups attached to an aromatic ring is 1. The first-order chi connectivity index (χ1) is 9.78. The van der Waals surface area contributed by atoms with Crippen LogP contribution in [0.3, 0.4) is 0 Å². The number of likely N-dealkylation sites (tertiary alicyclic amines) is 1. The molecule has 0 saturated carbocycles. The van der Waals surface area contributed by atoms with Crippen LogP contribution >= 0.6 is 0 Å². The topological polar surface area (TPSA) is 54.2 Å². The standard InChI is InChI=1S/C16H22N4/c1-2-20-10-4-5-12(11-20)19-15-8-7-14(17)13-6-3-9-18-16(13)15/h3,6-9,12,19H,2,4-5,10-11,17H2,1H3. The van der Waals surface area contributed by atoms with Crippen LogP contribution in [0.25, 0.3) is 10.9 Å². The van der Waals surface area contributed by atoms with Gasteiger partial charge in [0.1, 0.15) is 0 Å². The van der Waals surface area contributed by atoms with Gasteiger partial charge in [0.15, 0.2) is 0 Å². The van der Waals surface area contributed by atoms with Crippen molar-refractivity contribution in [2.45, 2.75) is 25.8 Å². The van der Waals surface area contributed by atoms with Gasteiger partial charge >= 0.3 is 0 Å². The van der Waals surface area contributed by atoms with Gasteiger partial charge in [0.05, 0.1) is 11.2 Å². The minimum atomic E-state index is 0.498. The Morgan fingerprint density at radius 1 is 1.40 bits per heavy atom. The molecule has 1 aliphatic rings. The maximum Gasteiger partial charge on any atom is 0.0953 e. The van der Waals surface area contributed by atoms with Gasteiger partial charge < -0.3 is 16.0 Å². The van der Waals surface area contributed by atoms with Crippen molar-refractivity contribution in [3.8, 4) is 0 Å². The van der Waals surface area contributed by atoms with Crippen molar-refractivity contribution in [2.24, 2.45) is 0 Å². The molecule has 3 N–H and O–H groups in total. The van der Waals surface area contributed by atoms with E-state index in [1.807, 2.05) is 24.4 Å². The van der Waals surface area contributed by atoms with Gasteiger partial charge in [-0.3, -0.25) is 4.98 Å². The molecule has 2 aromatic rings. The molecule has 1 saturated heterocycles.